The Labute approximate surface area is 265 Å². The number of nitrogens with zero attached hydrogens (tertiary/aromatic N) is 5. The number of pyridine rings is 2. The highest BCUT2D eigenvalue weighted by atomic mass is 35.5. The zero-order chi connectivity index (χ0) is 32.1. The highest BCUT2D eigenvalue weighted by Gasteiger charge is 2.19. The van der Waals surface area contributed by atoms with E-state index in [1.165, 1.54) is 20.3 Å². The van der Waals surface area contributed by atoms with Crippen LogP contribution < -0.4 is 25.7 Å². The van der Waals surface area contributed by atoms with Gasteiger partial charge in [0, 0.05) is 72.5 Å². The second-order valence-corrected chi connectivity index (χ2v) is 11.0. The Morgan fingerprint density at radius 2 is 1.87 bits per heavy atom. The van der Waals surface area contributed by atoms with E-state index in [2.05, 4.69) is 20.7 Å². The van der Waals surface area contributed by atoms with Gasteiger partial charge in [-0.25, -0.2) is 4.98 Å². The predicted octanol–water partition coefficient (Wildman–Crippen LogP) is 5.32. The summed E-state index contributed by atoms with van der Waals surface area (Å²) in [6.07, 6.45) is 6.81. The Kier molecular flexibility index (Phi) is 9.50. The third-order valence-corrected chi connectivity index (χ3v) is 7.37. The molecule has 0 unspecified atom stereocenters. The molecule has 1 amide bonds. The number of carbonyl (C=O) groups is 1. The van der Waals surface area contributed by atoms with Crippen LogP contribution in [0.4, 0.5) is 17.3 Å². The Bertz CT molecular complexity index is 1950. The van der Waals surface area contributed by atoms with Gasteiger partial charge in [-0.2, -0.15) is 5.10 Å². The van der Waals surface area contributed by atoms with Crippen LogP contribution in [-0.4, -0.2) is 65.0 Å². The average molecular weight is 628 g/mol. The van der Waals surface area contributed by atoms with Crippen LogP contribution in [0.15, 0.2) is 83.9 Å². The van der Waals surface area contributed by atoms with Crippen LogP contribution in [0.25, 0.3) is 22.0 Å². The highest BCUT2D eigenvalue weighted by Crippen LogP contribution is 2.39. The van der Waals surface area contributed by atoms with E-state index in [1.807, 2.05) is 62.6 Å². The highest BCUT2D eigenvalue weighted by molar-refractivity contribution is 6.35. The van der Waals surface area contributed by atoms with Gasteiger partial charge in [-0.1, -0.05) is 29.8 Å². The minimum atomic E-state index is -0.282. The summed E-state index contributed by atoms with van der Waals surface area (Å²) in [5.41, 5.74) is 2.60. The zero-order valence-electron chi connectivity index (χ0n) is 25.7. The number of carbonyl (C=O) groups excluding carboxylic acids is 1. The van der Waals surface area contributed by atoms with Crippen molar-refractivity contribution in [2.24, 2.45) is 7.05 Å². The third-order valence-electron chi connectivity index (χ3n) is 6.98. The van der Waals surface area contributed by atoms with Gasteiger partial charge >= 0.3 is 0 Å². The normalized spacial score (nSPS) is 11.4. The lowest BCUT2D eigenvalue weighted by atomic mass is 10.0. The second kappa shape index (κ2) is 13.7. The van der Waals surface area contributed by atoms with Crippen LogP contribution in [0.5, 0.6) is 11.5 Å². The van der Waals surface area contributed by atoms with E-state index in [0.29, 0.717) is 57.4 Å². The fourth-order valence-electron chi connectivity index (χ4n) is 4.82. The molecule has 0 aliphatic rings. The lowest BCUT2D eigenvalue weighted by Crippen LogP contribution is -2.23. The molecule has 232 valence electrons. The number of likely N-dealkylation sites (N-methyl/N-ethyl adjacent to an activating group) is 1. The number of aromatic nitrogens is 4. The number of aryl methyl sites for hydroxylation is 1. The van der Waals surface area contributed by atoms with Crippen LogP contribution in [-0.2, 0) is 18.4 Å². The molecule has 0 aliphatic carbocycles. The van der Waals surface area contributed by atoms with E-state index >= 15 is 0 Å². The summed E-state index contributed by atoms with van der Waals surface area (Å²) in [4.78, 5) is 33.4. The van der Waals surface area contributed by atoms with Crippen LogP contribution in [0.1, 0.15) is 5.56 Å². The van der Waals surface area contributed by atoms with Crippen molar-refractivity contribution in [1.82, 2.24) is 24.2 Å². The molecule has 0 spiro atoms. The SMILES string of the molecule is COc1cc(OC)c(Cl)c(-c2cc3cnc(Nc4ccn(C)n4)cc3n(Cc3cccc(NC(=O)/C=C/CN(C)C)c3)c2=O)c1. The number of rotatable bonds is 11. The van der Waals surface area contributed by atoms with Gasteiger partial charge in [0.25, 0.3) is 5.56 Å². The number of ether oxygens (including phenoxy) is 2. The maximum absolute atomic E-state index is 14.3. The van der Waals surface area contributed by atoms with Crippen molar-refractivity contribution in [2.45, 2.75) is 6.54 Å². The number of hydrogen-bond acceptors (Lipinski definition) is 8. The summed E-state index contributed by atoms with van der Waals surface area (Å²) in [5.74, 6) is 1.78. The maximum atomic E-state index is 14.3. The number of nitrogens with one attached hydrogen (secondary N) is 2. The van der Waals surface area contributed by atoms with Crippen molar-refractivity contribution < 1.29 is 14.3 Å². The van der Waals surface area contributed by atoms with Gasteiger partial charge in [0.1, 0.15) is 17.3 Å². The van der Waals surface area contributed by atoms with Crippen LogP contribution >= 0.6 is 11.6 Å². The van der Waals surface area contributed by atoms with E-state index in [1.54, 1.807) is 45.8 Å². The zero-order valence-corrected chi connectivity index (χ0v) is 26.4. The molecule has 3 aromatic heterocycles. The minimum absolute atomic E-state index is 0.203. The number of methoxy groups -OCH3 is 2. The summed E-state index contributed by atoms with van der Waals surface area (Å²) in [5, 5.41) is 11.5. The molecule has 0 radical (unpaired) electrons. The summed E-state index contributed by atoms with van der Waals surface area (Å²) >= 11 is 6.74. The van der Waals surface area contributed by atoms with Gasteiger partial charge < -0.3 is 29.6 Å². The number of anilines is 3. The molecule has 0 saturated carbocycles. The molecule has 2 aromatic carbocycles. The number of hydrogen-bond donors (Lipinski definition) is 2. The van der Waals surface area contributed by atoms with Crippen molar-refractivity contribution >= 4 is 45.7 Å². The number of amides is 1. The molecule has 0 bridgehead atoms. The molecule has 0 atom stereocenters. The standard InChI is InChI=1S/C33H34ClN7O4/c1-39(2)12-7-10-31(42)36-23-9-6-8-21(14-23)20-41-27-18-30(37-29-11-13-40(3)38-29)35-19-22(27)15-26(33(41)43)25-16-24(44-4)17-28(45-5)32(25)34/h6-11,13-19H,12,20H2,1-5H3,(H,36,42)(H,35,37,38)/b10-7+. The smallest absolute Gasteiger partial charge is 0.259 e. The number of halogens is 1. The average Bonchev–Trinajstić information content (AvgIpc) is 3.43. The topological polar surface area (TPSA) is 116 Å². The Morgan fingerprint density at radius 1 is 1.04 bits per heavy atom. The molecule has 45 heavy (non-hydrogen) atoms. The fourth-order valence-corrected chi connectivity index (χ4v) is 5.11. The van der Waals surface area contributed by atoms with Gasteiger partial charge in [0.2, 0.25) is 5.91 Å². The molecule has 5 rings (SSSR count). The fraction of sp³-hybridized carbons (Fsp3) is 0.212. The summed E-state index contributed by atoms with van der Waals surface area (Å²) in [6, 6.07) is 16.2. The minimum Gasteiger partial charge on any atom is -0.497 e. The first-order valence-electron chi connectivity index (χ1n) is 14.1. The molecule has 2 N–H and O–H groups in total. The Morgan fingerprint density at radius 3 is 2.58 bits per heavy atom. The van der Waals surface area contributed by atoms with E-state index in [0.717, 1.165) is 5.56 Å². The molecule has 11 nitrogen and oxygen atoms in total. The van der Waals surface area contributed by atoms with E-state index < -0.39 is 0 Å². The quantitative estimate of drug-likeness (QED) is 0.189. The molecular weight excluding hydrogens is 594 g/mol. The molecule has 3 heterocycles. The molecule has 12 heteroatoms. The number of fused-ring (bicyclic) bond motifs is 1. The van der Waals surface area contributed by atoms with Crippen molar-refractivity contribution in [3.8, 4) is 22.6 Å². The van der Waals surface area contributed by atoms with Crippen molar-refractivity contribution in [2.75, 3.05) is 45.5 Å². The van der Waals surface area contributed by atoms with Gasteiger partial charge in [0.05, 0.1) is 31.3 Å². The summed E-state index contributed by atoms with van der Waals surface area (Å²) < 4.78 is 14.3. The Balaban J connectivity index is 1.60. The van der Waals surface area contributed by atoms with Gasteiger partial charge in [-0.05, 0) is 43.9 Å². The monoisotopic (exact) mass is 627 g/mol. The first-order valence-corrected chi connectivity index (χ1v) is 14.5. The molecule has 0 fully saturated rings. The first-order chi connectivity index (χ1) is 21.6. The van der Waals surface area contributed by atoms with Gasteiger partial charge in [0.15, 0.2) is 5.82 Å². The molecule has 0 aliphatic heterocycles. The Hall–Kier alpha value is -5.13. The van der Waals surface area contributed by atoms with Crippen molar-refractivity contribution in [3.63, 3.8) is 0 Å². The van der Waals surface area contributed by atoms with E-state index in [4.69, 9.17) is 21.1 Å². The largest absolute Gasteiger partial charge is 0.497 e. The predicted molar refractivity (Wildman–Crippen MR) is 178 cm³/mol. The molecule has 0 saturated heterocycles. The van der Waals surface area contributed by atoms with Crippen molar-refractivity contribution in [3.05, 3.63) is 100 Å². The van der Waals surface area contributed by atoms with Gasteiger partial charge in [-0.3, -0.25) is 14.3 Å². The van der Waals surface area contributed by atoms with Crippen LogP contribution in [0.3, 0.4) is 0 Å². The first kappa shape index (κ1) is 31.3. The summed E-state index contributed by atoms with van der Waals surface area (Å²) in [7, 11) is 8.73. The van der Waals surface area contributed by atoms with E-state index in [-0.39, 0.29) is 23.0 Å². The maximum Gasteiger partial charge on any atom is 0.259 e. The second-order valence-electron chi connectivity index (χ2n) is 10.6. The van der Waals surface area contributed by atoms with Crippen LogP contribution in [0, 0.1) is 0 Å². The van der Waals surface area contributed by atoms with Crippen LogP contribution in [0.2, 0.25) is 5.02 Å². The van der Waals surface area contributed by atoms with Gasteiger partial charge in [-0.15, -0.1) is 0 Å². The lowest BCUT2D eigenvalue weighted by molar-refractivity contribution is -0.111. The molecule has 5 aromatic rings. The number of benzene rings is 2. The summed E-state index contributed by atoms with van der Waals surface area (Å²) in [6.45, 7) is 0.851. The lowest BCUT2D eigenvalue weighted by Gasteiger charge is -2.17. The molecular formula is C33H34ClN7O4. The van der Waals surface area contributed by atoms with Crippen molar-refractivity contribution in [1.29, 1.82) is 0 Å². The van der Waals surface area contributed by atoms with E-state index in [9.17, 15) is 9.59 Å². The third kappa shape index (κ3) is 7.34.